The molecule has 0 unspecified atom stereocenters. The number of hydrogen-bond acceptors (Lipinski definition) is 4. The first-order valence-corrected chi connectivity index (χ1v) is 9.30. The van der Waals surface area contributed by atoms with Gasteiger partial charge in [0.25, 0.3) is 0 Å². The number of piperidine rings is 1. The van der Waals surface area contributed by atoms with E-state index in [1.54, 1.807) is 12.4 Å². The summed E-state index contributed by atoms with van der Waals surface area (Å²) in [6.07, 6.45) is 9.38. The first-order chi connectivity index (χ1) is 12.8. The van der Waals surface area contributed by atoms with Crippen LogP contribution in [-0.2, 0) is 4.79 Å². The van der Waals surface area contributed by atoms with Crippen LogP contribution in [0.2, 0.25) is 0 Å². The topological polar surface area (TPSA) is 49.3 Å². The summed E-state index contributed by atoms with van der Waals surface area (Å²) in [5, 5.41) is 0. The Morgan fingerprint density at radius 3 is 2.50 bits per heavy atom. The number of rotatable bonds is 6. The van der Waals surface area contributed by atoms with Crippen LogP contribution < -0.4 is 4.90 Å². The molecule has 5 nitrogen and oxygen atoms in total. The summed E-state index contributed by atoms with van der Waals surface area (Å²) in [4.78, 5) is 25.6. The molecule has 5 heteroatoms. The second-order valence-electron chi connectivity index (χ2n) is 6.50. The highest BCUT2D eigenvalue weighted by Crippen LogP contribution is 2.22. The molecule has 1 aliphatic heterocycles. The molecule has 0 saturated carbocycles. The summed E-state index contributed by atoms with van der Waals surface area (Å²) in [6, 6.07) is 12.0. The standard InChI is InChI=1S/C21H26N4O/c1-2-24(15-6-10-18-8-4-3-5-9-18)20(26)19-11-16-25(17-12-19)21-22-13-7-14-23-21/h3-10,13-14,19H,2,11-12,15-17H2,1H3/b10-6+. The summed E-state index contributed by atoms with van der Waals surface area (Å²) in [6.45, 7) is 5.10. The van der Waals surface area contributed by atoms with Gasteiger partial charge in [-0.15, -0.1) is 0 Å². The van der Waals surface area contributed by atoms with E-state index in [9.17, 15) is 4.79 Å². The SMILES string of the molecule is CCN(C/C=C/c1ccccc1)C(=O)C1CCN(c2ncccn2)CC1. The van der Waals surface area contributed by atoms with E-state index in [1.807, 2.05) is 36.1 Å². The molecular weight excluding hydrogens is 324 g/mol. The van der Waals surface area contributed by atoms with Crippen LogP contribution in [0.4, 0.5) is 5.95 Å². The number of nitrogens with zero attached hydrogens (tertiary/aromatic N) is 4. The lowest BCUT2D eigenvalue weighted by molar-refractivity contribution is -0.135. The number of aromatic nitrogens is 2. The van der Waals surface area contributed by atoms with Gasteiger partial charge in [-0.1, -0.05) is 42.5 Å². The minimum atomic E-state index is 0.0973. The van der Waals surface area contributed by atoms with E-state index < -0.39 is 0 Å². The molecule has 1 fully saturated rings. The predicted molar refractivity (Wildman–Crippen MR) is 105 cm³/mol. The van der Waals surface area contributed by atoms with Crippen LogP contribution in [-0.4, -0.2) is 47.0 Å². The van der Waals surface area contributed by atoms with Gasteiger partial charge < -0.3 is 9.80 Å². The third-order valence-electron chi connectivity index (χ3n) is 4.81. The first-order valence-electron chi connectivity index (χ1n) is 9.30. The monoisotopic (exact) mass is 350 g/mol. The highest BCUT2D eigenvalue weighted by molar-refractivity contribution is 5.79. The van der Waals surface area contributed by atoms with Crippen molar-refractivity contribution in [3.63, 3.8) is 0 Å². The van der Waals surface area contributed by atoms with E-state index in [1.165, 1.54) is 0 Å². The van der Waals surface area contributed by atoms with Crippen LogP contribution >= 0.6 is 0 Å². The van der Waals surface area contributed by atoms with E-state index in [0.29, 0.717) is 6.54 Å². The molecule has 0 spiro atoms. The molecule has 1 saturated heterocycles. The van der Waals surface area contributed by atoms with Gasteiger partial charge in [0.2, 0.25) is 11.9 Å². The van der Waals surface area contributed by atoms with Crippen molar-refractivity contribution in [3.8, 4) is 0 Å². The van der Waals surface area contributed by atoms with Crippen molar-refractivity contribution in [1.29, 1.82) is 0 Å². The highest BCUT2D eigenvalue weighted by atomic mass is 16.2. The molecule has 2 heterocycles. The number of anilines is 1. The Balaban J connectivity index is 1.52. The van der Waals surface area contributed by atoms with Gasteiger partial charge in [0.1, 0.15) is 0 Å². The van der Waals surface area contributed by atoms with Gasteiger partial charge in [-0.25, -0.2) is 9.97 Å². The van der Waals surface area contributed by atoms with Crippen molar-refractivity contribution >= 4 is 17.9 Å². The van der Waals surface area contributed by atoms with Crippen LogP contribution in [0, 0.1) is 5.92 Å². The molecule has 26 heavy (non-hydrogen) atoms. The molecular formula is C21H26N4O. The zero-order valence-electron chi connectivity index (χ0n) is 15.3. The molecule has 3 rings (SSSR count). The van der Waals surface area contributed by atoms with E-state index in [-0.39, 0.29) is 11.8 Å². The summed E-state index contributed by atoms with van der Waals surface area (Å²) in [7, 11) is 0. The van der Waals surface area contributed by atoms with Crippen molar-refractivity contribution in [2.45, 2.75) is 19.8 Å². The van der Waals surface area contributed by atoms with Crippen LogP contribution in [0.25, 0.3) is 6.08 Å². The number of carbonyl (C=O) groups is 1. The quantitative estimate of drug-likeness (QED) is 0.802. The normalized spacial score (nSPS) is 15.3. The van der Waals surface area contributed by atoms with Gasteiger partial charge in [-0.2, -0.15) is 0 Å². The van der Waals surface area contributed by atoms with Gasteiger partial charge in [0.05, 0.1) is 0 Å². The Morgan fingerprint density at radius 2 is 1.85 bits per heavy atom. The van der Waals surface area contributed by atoms with Gasteiger partial charge in [0.15, 0.2) is 0 Å². The minimum absolute atomic E-state index is 0.0973. The Morgan fingerprint density at radius 1 is 1.15 bits per heavy atom. The van der Waals surface area contributed by atoms with Crippen LogP contribution in [0.3, 0.4) is 0 Å². The van der Waals surface area contributed by atoms with Gasteiger partial charge >= 0.3 is 0 Å². The van der Waals surface area contributed by atoms with Crippen molar-refractivity contribution < 1.29 is 4.79 Å². The minimum Gasteiger partial charge on any atom is -0.341 e. The van der Waals surface area contributed by atoms with Crippen LogP contribution in [0.1, 0.15) is 25.3 Å². The summed E-state index contributed by atoms with van der Waals surface area (Å²) in [5.74, 6) is 1.12. The highest BCUT2D eigenvalue weighted by Gasteiger charge is 2.28. The number of amides is 1. The largest absolute Gasteiger partial charge is 0.341 e. The van der Waals surface area contributed by atoms with E-state index in [4.69, 9.17) is 0 Å². The van der Waals surface area contributed by atoms with E-state index in [2.05, 4.69) is 39.2 Å². The summed E-state index contributed by atoms with van der Waals surface area (Å²) in [5.41, 5.74) is 1.16. The van der Waals surface area contributed by atoms with E-state index in [0.717, 1.165) is 44.0 Å². The molecule has 0 radical (unpaired) electrons. The van der Waals surface area contributed by atoms with Gasteiger partial charge in [-0.05, 0) is 31.4 Å². The van der Waals surface area contributed by atoms with Gasteiger partial charge in [0, 0.05) is 44.5 Å². The Bertz CT molecular complexity index is 709. The molecule has 1 aromatic carbocycles. The van der Waals surface area contributed by atoms with Crippen molar-refractivity contribution in [3.05, 3.63) is 60.4 Å². The average Bonchev–Trinajstić information content (AvgIpc) is 2.72. The maximum atomic E-state index is 12.9. The Kier molecular flexibility index (Phi) is 6.36. The lowest BCUT2D eigenvalue weighted by atomic mass is 9.95. The second-order valence-corrected chi connectivity index (χ2v) is 6.50. The third kappa shape index (κ3) is 4.69. The maximum absolute atomic E-state index is 12.9. The lowest BCUT2D eigenvalue weighted by Crippen LogP contribution is -2.43. The number of hydrogen-bond donors (Lipinski definition) is 0. The smallest absolute Gasteiger partial charge is 0.226 e. The molecule has 0 bridgehead atoms. The fraction of sp³-hybridized carbons (Fsp3) is 0.381. The zero-order valence-corrected chi connectivity index (χ0v) is 15.3. The van der Waals surface area contributed by atoms with E-state index >= 15 is 0 Å². The molecule has 0 aliphatic carbocycles. The van der Waals surface area contributed by atoms with Crippen molar-refractivity contribution in [2.24, 2.45) is 5.92 Å². The first kappa shape index (κ1) is 18.1. The molecule has 1 aromatic heterocycles. The van der Waals surface area contributed by atoms with Crippen LogP contribution in [0.15, 0.2) is 54.9 Å². The van der Waals surface area contributed by atoms with Crippen LogP contribution in [0.5, 0.6) is 0 Å². The second kappa shape index (κ2) is 9.13. The summed E-state index contributed by atoms with van der Waals surface area (Å²) < 4.78 is 0. The maximum Gasteiger partial charge on any atom is 0.226 e. The average molecular weight is 350 g/mol. The number of benzene rings is 1. The molecule has 136 valence electrons. The third-order valence-corrected chi connectivity index (χ3v) is 4.81. The molecule has 0 N–H and O–H groups in total. The molecule has 1 aliphatic rings. The Labute approximate surface area is 155 Å². The number of carbonyl (C=O) groups excluding carboxylic acids is 1. The summed E-state index contributed by atoms with van der Waals surface area (Å²) >= 11 is 0. The molecule has 2 aromatic rings. The molecule has 1 amide bonds. The Hall–Kier alpha value is -2.69. The van der Waals surface area contributed by atoms with Crippen molar-refractivity contribution in [2.75, 3.05) is 31.1 Å². The zero-order chi connectivity index (χ0) is 18.2. The number of likely N-dealkylation sites (N-methyl/N-ethyl adjacent to an activating group) is 1. The predicted octanol–water partition coefficient (Wildman–Crippen LogP) is 3.25. The fourth-order valence-corrected chi connectivity index (χ4v) is 3.29. The fourth-order valence-electron chi connectivity index (χ4n) is 3.29. The van der Waals surface area contributed by atoms with Crippen molar-refractivity contribution in [1.82, 2.24) is 14.9 Å². The van der Waals surface area contributed by atoms with Gasteiger partial charge in [-0.3, -0.25) is 4.79 Å². The lowest BCUT2D eigenvalue weighted by Gasteiger charge is -2.33. The molecule has 0 atom stereocenters.